The molecule has 2 atom stereocenters. The summed E-state index contributed by atoms with van der Waals surface area (Å²) in [5.74, 6) is 0. The second-order valence-electron chi connectivity index (χ2n) is 5.39. The Morgan fingerprint density at radius 3 is 2.67 bits per heavy atom. The molecule has 18 heavy (non-hydrogen) atoms. The smallest absolute Gasteiger partial charge is 0.0446 e. The maximum Gasteiger partial charge on any atom is 0.0446 e. The average molecular weight is 248 g/mol. The van der Waals surface area contributed by atoms with Gasteiger partial charge < -0.3 is 10.0 Å². The van der Waals surface area contributed by atoms with Crippen molar-refractivity contribution < 1.29 is 5.11 Å². The predicted octanol–water partition coefficient (Wildman–Crippen LogP) is 1.89. The number of piperazine rings is 1. The van der Waals surface area contributed by atoms with Gasteiger partial charge in [-0.05, 0) is 38.9 Å². The van der Waals surface area contributed by atoms with E-state index >= 15 is 0 Å². The number of likely N-dealkylation sites (N-methyl/N-ethyl adjacent to an activating group) is 1. The molecular formula is C15H24N2O. The van der Waals surface area contributed by atoms with Gasteiger partial charge in [0.1, 0.15) is 0 Å². The lowest BCUT2D eigenvalue weighted by molar-refractivity contribution is 0.154. The number of anilines is 1. The third-order valence-electron chi connectivity index (χ3n) is 4.00. The Morgan fingerprint density at radius 2 is 2.00 bits per heavy atom. The number of benzene rings is 1. The number of aryl methyl sites for hydroxylation is 1. The number of rotatable bonds is 3. The van der Waals surface area contributed by atoms with E-state index in [-0.39, 0.29) is 6.61 Å². The van der Waals surface area contributed by atoms with Gasteiger partial charge in [-0.15, -0.1) is 0 Å². The van der Waals surface area contributed by atoms with Gasteiger partial charge in [0.2, 0.25) is 0 Å². The van der Waals surface area contributed by atoms with Gasteiger partial charge in [-0.2, -0.15) is 0 Å². The maximum absolute atomic E-state index is 9.17. The summed E-state index contributed by atoms with van der Waals surface area (Å²) in [5.41, 5.74) is 2.66. The first-order chi connectivity index (χ1) is 8.63. The summed E-state index contributed by atoms with van der Waals surface area (Å²) < 4.78 is 0. The highest BCUT2D eigenvalue weighted by Crippen LogP contribution is 2.26. The summed E-state index contributed by atoms with van der Waals surface area (Å²) in [6.45, 7) is 6.77. The van der Waals surface area contributed by atoms with Crippen molar-refractivity contribution in [3.05, 3.63) is 29.8 Å². The molecule has 100 valence electrons. The van der Waals surface area contributed by atoms with E-state index in [1.165, 1.54) is 11.3 Å². The van der Waals surface area contributed by atoms with Crippen molar-refractivity contribution in [1.29, 1.82) is 0 Å². The number of hydrogen-bond donors (Lipinski definition) is 1. The van der Waals surface area contributed by atoms with Crippen LogP contribution in [0.4, 0.5) is 5.69 Å². The Hall–Kier alpha value is -1.06. The molecule has 0 aromatic heterocycles. The van der Waals surface area contributed by atoms with Crippen LogP contribution in [0.1, 0.15) is 18.9 Å². The molecule has 0 saturated carbocycles. The zero-order chi connectivity index (χ0) is 13.1. The zero-order valence-electron chi connectivity index (χ0n) is 11.6. The third kappa shape index (κ3) is 2.68. The molecule has 0 bridgehead atoms. The minimum atomic E-state index is 0.269. The molecule has 1 aromatic rings. The summed E-state index contributed by atoms with van der Waals surface area (Å²) in [6, 6.07) is 9.53. The van der Waals surface area contributed by atoms with Crippen LogP contribution in [0.5, 0.6) is 0 Å². The van der Waals surface area contributed by atoms with Crippen LogP contribution < -0.4 is 4.90 Å². The molecule has 1 aliphatic rings. The number of aliphatic hydroxyl groups is 1. The summed E-state index contributed by atoms with van der Waals surface area (Å²) in [4.78, 5) is 4.85. The fourth-order valence-corrected chi connectivity index (χ4v) is 2.89. The van der Waals surface area contributed by atoms with Crippen molar-refractivity contribution >= 4 is 5.69 Å². The van der Waals surface area contributed by atoms with Crippen LogP contribution in [0.2, 0.25) is 0 Å². The second-order valence-corrected chi connectivity index (χ2v) is 5.39. The molecule has 1 aromatic carbocycles. The van der Waals surface area contributed by atoms with Crippen LogP contribution in [0.15, 0.2) is 24.3 Å². The summed E-state index contributed by atoms with van der Waals surface area (Å²) in [7, 11) is 2.16. The Kier molecular flexibility index (Phi) is 4.25. The normalized spacial score (nSPS) is 25.4. The van der Waals surface area contributed by atoms with Gasteiger partial charge >= 0.3 is 0 Å². The van der Waals surface area contributed by atoms with Crippen LogP contribution in [0.3, 0.4) is 0 Å². The topological polar surface area (TPSA) is 26.7 Å². The molecule has 0 amide bonds. The first kappa shape index (κ1) is 13.4. The van der Waals surface area contributed by atoms with Gasteiger partial charge in [-0.25, -0.2) is 0 Å². The predicted molar refractivity (Wildman–Crippen MR) is 76.1 cm³/mol. The number of aliphatic hydroxyl groups excluding tert-OH is 1. The molecule has 1 N–H and O–H groups in total. The van der Waals surface area contributed by atoms with E-state index in [1.807, 2.05) is 0 Å². The van der Waals surface area contributed by atoms with Crippen molar-refractivity contribution in [2.45, 2.75) is 32.4 Å². The van der Waals surface area contributed by atoms with Gasteiger partial charge in [-0.1, -0.05) is 18.2 Å². The number of hydrogen-bond acceptors (Lipinski definition) is 3. The highest BCUT2D eigenvalue weighted by Gasteiger charge is 2.29. The van der Waals surface area contributed by atoms with E-state index < -0.39 is 0 Å². The first-order valence-corrected chi connectivity index (χ1v) is 6.77. The van der Waals surface area contributed by atoms with Crippen LogP contribution in [0.25, 0.3) is 0 Å². The minimum Gasteiger partial charge on any atom is -0.396 e. The molecule has 0 spiro atoms. The molecule has 3 heteroatoms. The zero-order valence-corrected chi connectivity index (χ0v) is 11.6. The molecule has 1 saturated heterocycles. The van der Waals surface area contributed by atoms with E-state index in [9.17, 15) is 0 Å². The van der Waals surface area contributed by atoms with Crippen LogP contribution in [0, 0.1) is 6.92 Å². The summed E-state index contributed by atoms with van der Waals surface area (Å²) in [5, 5.41) is 9.17. The van der Waals surface area contributed by atoms with Crippen molar-refractivity contribution in [3.8, 4) is 0 Å². The number of nitrogens with zero attached hydrogens (tertiary/aromatic N) is 2. The van der Waals surface area contributed by atoms with Crippen molar-refractivity contribution in [3.63, 3.8) is 0 Å². The summed E-state index contributed by atoms with van der Waals surface area (Å²) >= 11 is 0. The van der Waals surface area contributed by atoms with Crippen LogP contribution >= 0.6 is 0 Å². The lowest BCUT2D eigenvalue weighted by Gasteiger charge is -2.45. The quantitative estimate of drug-likeness (QED) is 0.885. The standard InChI is InChI=1S/C15H24N2O/c1-12-6-4-5-7-15(12)17-11-14(8-9-18)16(3)10-13(17)2/h4-7,13-14,18H,8-11H2,1-3H3. The molecule has 1 fully saturated rings. The molecular weight excluding hydrogens is 224 g/mol. The van der Waals surface area contributed by atoms with Crippen molar-refractivity contribution in [2.24, 2.45) is 0 Å². The van der Waals surface area contributed by atoms with Crippen LogP contribution in [-0.2, 0) is 0 Å². The molecule has 1 heterocycles. The van der Waals surface area contributed by atoms with Gasteiger partial charge in [0, 0.05) is 37.5 Å². The minimum absolute atomic E-state index is 0.269. The number of para-hydroxylation sites is 1. The lowest BCUT2D eigenvalue weighted by Crippen LogP contribution is -2.56. The second kappa shape index (κ2) is 5.72. The Morgan fingerprint density at radius 1 is 1.28 bits per heavy atom. The van der Waals surface area contributed by atoms with Gasteiger partial charge in [0.05, 0.1) is 0 Å². The van der Waals surface area contributed by atoms with E-state index in [0.717, 1.165) is 19.5 Å². The van der Waals surface area contributed by atoms with Crippen molar-refractivity contribution in [2.75, 3.05) is 31.6 Å². The molecule has 2 unspecified atom stereocenters. The highest BCUT2D eigenvalue weighted by atomic mass is 16.3. The van der Waals surface area contributed by atoms with Crippen LogP contribution in [-0.4, -0.2) is 48.8 Å². The highest BCUT2D eigenvalue weighted by molar-refractivity contribution is 5.54. The lowest BCUT2D eigenvalue weighted by atomic mass is 10.0. The fraction of sp³-hybridized carbons (Fsp3) is 0.600. The van der Waals surface area contributed by atoms with E-state index in [2.05, 4.69) is 55.0 Å². The van der Waals surface area contributed by atoms with Gasteiger partial charge in [0.15, 0.2) is 0 Å². The molecule has 3 nitrogen and oxygen atoms in total. The SMILES string of the molecule is Cc1ccccc1N1CC(CCO)N(C)CC1C. The Balaban J connectivity index is 2.19. The summed E-state index contributed by atoms with van der Waals surface area (Å²) in [6.07, 6.45) is 0.853. The largest absolute Gasteiger partial charge is 0.396 e. The van der Waals surface area contributed by atoms with Gasteiger partial charge in [0.25, 0.3) is 0 Å². The molecule has 0 radical (unpaired) electrons. The average Bonchev–Trinajstić information content (AvgIpc) is 2.34. The Bertz CT molecular complexity index is 394. The molecule has 0 aliphatic carbocycles. The van der Waals surface area contributed by atoms with E-state index in [4.69, 9.17) is 5.11 Å². The van der Waals surface area contributed by atoms with E-state index in [0.29, 0.717) is 12.1 Å². The third-order valence-corrected chi connectivity index (χ3v) is 4.00. The first-order valence-electron chi connectivity index (χ1n) is 6.77. The monoisotopic (exact) mass is 248 g/mol. The van der Waals surface area contributed by atoms with Crippen molar-refractivity contribution in [1.82, 2.24) is 4.90 Å². The fourth-order valence-electron chi connectivity index (χ4n) is 2.89. The van der Waals surface area contributed by atoms with Gasteiger partial charge in [-0.3, -0.25) is 4.90 Å². The van der Waals surface area contributed by atoms with E-state index in [1.54, 1.807) is 0 Å². The molecule has 2 rings (SSSR count). The maximum atomic E-state index is 9.17. The Labute approximate surface area is 110 Å². The molecule has 1 aliphatic heterocycles.